The molecule has 1 aromatic carbocycles. The van der Waals surface area contributed by atoms with Crippen molar-refractivity contribution in [2.24, 2.45) is 5.92 Å². The SMILES string of the molecule is CCNC(CCC(C)C)CSc1cccc(F)c1. The third-order valence-electron chi connectivity index (χ3n) is 2.83. The summed E-state index contributed by atoms with van der Waals surface area (Å²) in [6.07, 6.45) is 2.43. The molecular weight excluding hydrogens is 245 g/mol. The molecule has 1 aromatic rings. The molecule has 0 aliphatic carbocycles. The van der Waals surface area contributed by atoms with Gasteiger partial charge in [-0.25, -0.2) is 4.39 Å². The standard InChI is InChI=1S/C15H24FNS/c1-4-17-14(9-8-12(2)3)11-18-15-7-5-6-13(16)10-15/h5-7,10,12,14,17H,4,8-9,11H2,1-3H3. The molecule has 0 amide bonds. The molecule has 0 fully saturated rings. The average Bonchev–Trinajstić information content (AvgIpc) is 2.32. The van der Waals surface area contributed by atoms with E-state index in [1.54, 1.807) is 23.9 Å². The molecule has 1 nitrogen and oxygen atoms in total. The van der Waals surface area contributed by atoms with Crippen molar-refractivity contribution in [2.75, 3.05) is 12.3 Å². The van der Waals surface area contributed by atoms with E-state index in [-0.39, 0.29) is 5.82 Å². The highest BCUT2D eigenvalue weighted by molar-refractivity contribution is 7.99. The van der Waals surface area contributed by atoms with E-state index in [0.717, 1.165) is 23.1 Å². The smallest absolute Gasteiger partial charge is 0.124 e. The number of rotatable bonds is 8. The highest BCUT2D eigenvalue weighted by Gasteiger charge is 2.09. The van der Waals surface area contributed by atoms with E-state index in [9.17, 15) is 4.39 Å². The van der Waals surface area contributed by atoms with Gasteiger partial charge in [0.1, 0.15) is 5.82 Å². The summed E-state index contributed by atoms with van der Waals surface area (Å²) in [7, 11) is 0. The fraction of sp³-hybridized carbons (Fsp3) is 0.600. The maximum absolute atomic E-state index is 13.1. The summed E-state index contributed by atoms with van der Waals surface area (Å²) in [5.74, 6) is 1.59. The van der Waals surface area contributed by atoms with Gasteiger partial charge in [-0.05, 0) is 43.5 Å². The highest BCUT2D eigenvalue weighted by atomic mass is 32.2. The van der Waals surface area contributed by atoms with Crippen LogP contribution in [0, 0.1) is 11.7 Å². The van der Waals surface area contributed by atoms with Crippen molar-refractivity contribution in [1.29, 1.82) is 0 Å². The van der Waals surface area contributed by atoms with Crippen molar-refractivity contribution in [1.82, 2.24) is 5.32 Å². The van der Waals surface area contributed by atoms with Crippen LogP contribution in [0.15, 0.2) is 29.2 Å². The Hall–Kier alpha value is -0.540. The van der Waals surface area contributed by atoms with E-state index in [0.29, 0.717) is 6.04 Å². The monoisotopic (exact) mass is 269 g/mol. The predicted octanol–water partition coefficient (Wildman–Crippen LogP) is 4.33. The summed E-state index contributed by atoms with van der Waals surface area (Å²) in [5, 5.41) is 3.51. The molecule has 0 bridgehead atoms. The second-order valence-corrected chi connectivity index (χ2v) is 6.09. The molecule has 1 atom stereocenters. The maximum atomic E-state index is 13.1. The number of nitrogens with one attached hydrogen (secondary N) is 1. The predicted molar refractivity (Wildman–Crippen MR) is 78.7 cm³/mol. The molecule has 0 saturated heterocycles. The topological polar surface area (TPSA) is 12.0 Å². The first kappa shape index (κ1) is 15.5. The number of thioether (sulfide) groups is 1. The quantitative estimate of drug-likeness (QED) is 0.705. The average molecular weight is 269 g/mol. The summed E-state index contributed by atoms with van der Waals surface area (Å²) in [6.45, 7) is 7.63. The zero-order valence-corrected chi connectivity index (χ0v) is 12.4. The molecule has 0 aromatic heterocycles. The molecular formula is C15H24FNS. The Morgan fingerprint density at radius 1 is 1.28 bits per heavy atom. The second kappa shape index (κ2) is 8.54. The van der Waals surface area contributed by atoms with Crippen LogP contribution in [0.2, 0.25) is 0 Å². The summed E-state index contributed by atoms with van der Waals surface area (Å²) < 4.78 is 13.1. The fourth-order valence-corrected chi connectivity index (χ4v) is 2.87. The summed E-state index contributed by atoms with van der Waals surface area (Å²) >= 11 is 1.73. The molecule has 0 saturated carbocycles. The fourth-order valence-electron chi connectivity index (χ4n) is 1.82. The Morgan fingerprint density at radius 3 is 2.67 bits per heavy atom. The zero-order chi connectivity index (χ0) is 13.4. The Morgan fingerprint density at radius 2 is 2.06 bits per heavy atom. The highest BCUT2D eigenvalue weighted by Crippen LogP contribution is 2.21. The Kier molecular flexibility index (Phi) is 7.36. The summed E-state index contributed by atoms with van der Waals surface area (Å²) in [6, 6.07) is 7.36. The van der Waals surface area contributed by atoms with Gasteiger partial charge in [0, 0.05) is 16.7 Å². The van der Waals surface area contributed by atoms with Gasteiger partial charge in [-0.3, -0.25) is 0 Å². The first-order chi connectivity index (χ1) is 8.61. The van der Waals surface area contributed by atoms with Gasteiger partial charge < -0.3 is 5.32 Å². The minimum absolute atomic E-state index is 0.151. The molecule has 3 heteroatoms. The van der Waals surface area contributed by atoms with Gasteiger partial charge in [0.2, 0.25) is 0 Å². The van der Waals surface area contributed by atoms with Crippen molar-refractivity contribution in [2.45, 2.75) is 44.6 Å². The van der Waals surface area contributed by atoms with Crippen LogP contribution in [-0.4, -0.2) is 18.3 Å². The van der Waals surface area contributed by atoms with E-state index in [2.05, 4.69) is 26.1 Å². The molecule has 1 unspecified atom stereocenters. The number of hydrogen-bond acceptors (Lipinski definition) is 2. The first-order valence-electron chi connectivity index (χ1n) is 6.73. The molecule has 18 heavy (non-hydrogen) atoms. The van der Waals surface area contributed by atoms with E-state index >= 15 is 0 Å². The van der Waals surface area contributed by atoms with Crippen molar-refractivity contribution in [3.05, 3.63) is 30.1 Å². The van der Waals surface area contributed by atoms with Crippen molar-refractivity contribution >= 4 is 11.8 Å². The van der Waals surface area contributed by atoms with Crippen LogP contribution in [0.1, 0.15) is 33.6 Å². The van der Waals surface area contributed by atoms with Crippen LogP contribution in [0.4, 0.5) is 4.39 Å². The lowest BCUT2D eigenvalue weighted by Crippen LogP contribution is -2.31. The molecule has 1 rings (SSSR count). The minimum Gasteiger partial charge on any atom is -0.313 e. The van der Waals surface area contributed by atoms with Gasteiger partial charge in [0.25, 0.3) is 0 Å². The van der Waals surface area contributed by atoms with Crippen molar-refractivity contribution < 1.29 is 4.39 Å². The molecule has 0 aliphatic heterocycles. The molecule has 1 N–H and O–H groups in total. The van der Waals surface area contributed by atoms with E-state index < -0.39 is 0 Å². The lowest BCUT2D eigenvalue weighted by Gasteiger charge is -2.18. The number of halogens is 1. The molecule has 0 radical (unpaired) electrons. The summed E-state index contributed by atoms with van der Waals surface area (Å²) in [5.41, 5.74) is 0. The minimum atomic E-state index is -0.151. The lowest BCUT2D eigenvalue weighted by atomic mass is 10.0. The van der Waals surface area contributed by atoms with Crippen LogP contribution in [0.25, 0.3) is 0 Å². The van der Waals surface area contributed by atoms with Crippen molar-refractivity contribution in [3.8, 4) is 0 Å². The molecule has 0 spiro atoms. The van der Waals surface area contributed by atoms with Gasteiger partial charge in [0.15, 0.2) is 0 Å². The van der Waals surface area contributed by atoms with Gasteiger partial charge in [-0.2, -0.15) is 0 Å². The van der Waals surface area contributed by atoms with Crippen LogP contribution < -0.4 is 5.32 Å². The first-order valence-corrected chi connectivity index (χ1v) is 7.72. The van der Waals surface area contributed by atoms with Crippen LogP contribution in [0.5, 0.6) is 0 Å². The van der Waals surface area contributed by atoms with Gasteiger partial charge in [0.05, 0.1) is 0 Å². The molecule has 102 valence electrons. The van der Waals surface area contributed by atoms with Crippen LogP contribution >= 0.6 is 11.8 Å². The van der Waals surface area contributed by atoms with E-state index in [1.807, 2.05) is 6.07 Å². The summed E-state index contributed by atoms with van der Waals surface area (Å²) in [4.78, 5) is 1.02. The number of benzene rings is 1. The third kappa shape index (κ3) is 6.41. The molecule has 0 heterocycles. The normalized spacial score (nSPS) is 12.9. The van der Waals surface area contributed by atoms with Crippen molar-refractivity contribution in [3.63, 3.8) is 0 Å². The van der Waals surface area contributed by atoms with E-state index in [1.165, 1.54) is 18.9 Å². The Balaban J connectivity index is 2.41. The Bertz CT molecular complexity index is 341. The van der Waals surface area contributed by atoms with E-state index in [4.69, 9.17) is 0 Å². The third-order valence-corrected chi connectivity index (χ3v) is 3.99. The largest absolute Gasteiger partial charge is 0.313 e. The maximum Gasteiger partial charge on any atom is 0.124 e. The zero-order valence-electron chi connectivity index (χ0n) is 11.6. The van der Waals surface area contributed by atoms with Crippen LogP contribution in [0.3, 0.4) is 0 Å². The van der Waals surface area contributed by atoms with Gasteiger partial charge >= 0.3 is 0 Å². The number of hydrogen-bond donors (Lipinski definition) is 1. The van der Waals surface area contributed by atoms with Gasteiger partial charge in [-0.15, -0.1) is 11.8 Å². The van der Waals surface area contributed by atoms with Crippen LogP contribution in [-0.2, 0) is 0 Å². The second-order valence-electron chi connectivity index (χ2n) is 4.99. The Labute approximate surface area is 115 Å². The molecule has 0 aliphatic rings. The van der Waals surface area contributed by atoms with Gasteiger partial charge in [-0.1, -0.05) is 26.8 Å². The lowest BCUT2D eigenvalue weighted by molar-refractivity contribution is 0.464.